The second-order valence-electron chi connectivity index (χ2n) is 15.3. The Morgan fingerprint density at radius 1 is 0.510 bits per heavy atom. The Kier molecular flexibility index (Phi) is 6.60. The number of pyridine rings is 2. The van der Waals surface area contributed by atoms with Crippen molar-refractivity contribution in [1.82, 2.24) is 9.13 Å². The van der Waals surface area contributed by atoms with E-state index in [-0.39, 0.29) is 40.7 Å². The quantitative estimate of drug-likeness (QED) is 0.153. The van der Waals surface area contributed by atoms with Crippen molar-refractivity contribution in [3.05, 3.63) is 78.9 Å². The summed E-state index contributed by atoms with van der Waals surface area (Å²) in [6.45, 7) is 0. The van der Waals surface area contributed by atoms with Gasteiger partial charge in [0.25, 0.3) is 16.7 Å². The molecule has 4 aliphatic carbocycles. The molecule has 1 aliphatic heterocycles. The maximum absolute atomic E-state index is 14.5. The van der Waals surface area contributed by atoms with E-state index in [4.69, 9.17) is 4.99 Å². The van der Waals surface area contributed by atoms with Gasteiger partial charge in [0.2, 0.25) is 5.88 Å². The fourth-order valence-electron chi connectivity index (χ4n) is 10.3. The molecule has 4 aromatic carbocycles. The van der Waals surface area contributed by atoms with Crippen molar-refractivity contribution >= 4 is 53.9 Å². The van der Waals surface area contributed by atoms with Crippen molar-refractivity contribution in [3.63, 3.8) is 0 Å². The molecule has 0 spiro atoms. The summed E-state index contributed by atoms with van der Waals surface area (Å²) in [6, 6.07) is 14.0. The number of hydrogen-bond acceptors (Lipinski definition) is 5. The molecule has 0 bridgehead atoms. The fraction of sp³-hybridized carbons (Fsp3) is 0.429. The first kappa shape index (κ1) is 29.4. The van der Waals surface area contributed by atoms with Gasteiger partial charge in [-0.25, -0.2) is 0 Å². The zero-order valence-corrected chi connectivity index (χ0v) is 27.9. The van der Waals surface area contributed by atoms with Gasteiger partial charge in [0.05, 0.1) is 17.0 Å². The fourth-order valence-corrected chi connectivity index (χ4v) is 10.3. The van der Waals surface area contributed by atoms with E-state index in [1.807, 2.05) is 30.3 Å². The Balaban J connectivity index is 1.37. The van der Waals surface area contributed by atoms with Gasteiger partial charge < -0.3 is 5.11 Å². The van der Waals surface area contributed by atoms with Crippen LogP contribution in [-0.4, -0.2) is 20.3 Å². The van der Waals surface area contributed by atoms with E-state index in [9.17, 15) is 19.5 Å². The highest BCUT2D eigenvalue weighted by molar-refractivity contribution is 6.37. The minimum Gasteiger partial charge on any atom is -0.494 e. The lowest BCUT2D eigenvalue weighted by atomic mass is 9.83. The van der Waals surface area contributed by atoms with E-state index < -0.39 is 0 Å². The molecule has 5 aliphatic rings. The van der Waals surface area contributed by atoms with Crippen LogP contribution in [0.5, 0.6) is 5.88 Å². The molecule has 10 rings (SSSR count). The van der Waals surface area contributed by atoms with Crippen molar-refractivity contribution < 1.29 is 5.11 Å². The Bertz CT molecular complexity index is 2640. The maximum atomic E-state index is 14.5. The molecule has 0 saturated heterocycles. The second-order valence-corrected chi connectivity index (χ2v) is 15.3. The number of fused-ring (bicyclic) bond motifs is 2. The third-order valence-electron chi connectivity index (χ3n) is 12.6. The lowest BCUT2D eigenvalue weighted by molar-refractivity contribution is 0.308. The zero-order valence-electron chi connectivity index (χ0n) is 27.9. The predicted octanol–water partition coefficient (Wildman–Crippen LogP) is 8.50. The summed E-state index contributed by atoms with van der Waals surface area (Å²) < 4.78 is 3.22. The Labute approximate surface area is 282 Å². The standard InChI is InChI=1S/C42H41N3O4/c46-39-29-19-16-26-27-17-20-31-36-32(42(49)45(41(31)48)25-14-8-3-9-15-25)22-33(43-23-10-4-1-5-11-23)37(38(27)36)28-18-21-30(35(29)34(26)28)40(47)44(39)24-12-6-2-7-13-24/h16-25,46H,1-15H2. The molecule has 7 heteroatoms. The van der Waals surface area contributed by atoms with Crippen LogP contribution >= 0.6 is 0 Å². The molecule has 5 aromatic rings. The highest BCUT2D eigenvalue weighted by Gasteiger charge is 2.30. The largest absolute Gasteiger partial charge is 0.494 e. The monoisotopic (exact) mass is 651 g/mol. The van der Waals surface area contributed by atoms with Crippen LogP contribution in [0.3, 0.4) is 0 Å². The topological polar surface area (TPSA) is 93.7 Å². The molecule has 0 radical (unpaired) electrons. The van der Waals surface area contributed by atoms with Crippen molar-refractivity contribution in [3.8, 4) is 17.0 Å². The van der Waals surface area contributed by atoms with Crippen molar-refractivity contribution in [2.45, 2.75) is 114 Å². The summed E-state index contributed by atoms with van der Waals surface area (Å²) in [7, 11) is 0. The molecule has 1 N–H and O–H groups in total. The normalized spacial score (nSPS) is 19.6. The summed E-state index contributed by atoms with van der Waals surface area (Å²) in [6.07, 6.45) is 15.5. The minimum atomic E-state index is -0.197. The SMILES string of the molecule is O=c1c2ccc3c4c(=NC5CCCCC5)cc5c(=O)n(C6CCCCC6)c(=O)c6ccc(c7ccc(c(O)n1C1CCCCC1)c2c73)c4c6-5. The molecular weight excluding hydrogens is 610 g/mol. The molecule has 248 valence electrons. The minimum absolute atomic E-state index is 0.00212. The molecule has 3 saturated carbocycles. The van der Waals surface area contributed by atoms with Gasteiger partial charge in [0, 0.05) is 50.0 Å². The predicted molar refractivity (Wildman–Crippen MR) is 197 cm³/mol. The first-order valence-corrected chi connectivity index (χ1v) is 18.7. The summed E-state index contributed by atoms with van der Waals surface area (Å²) in [5.74, 6) is 0.0512. The third kappa shape index (κ3) is 4.14. The number of nitrogens with zero attached hydrogens (tertiary/aromatic N) is 3. The van der Waals surface area contributed by atoms with Gasteiger partial charge in [0.1, 0.15) is 0 Å². The summed E-state index contributed by atoms with van der Waals surface area (Å²) in [4.78, 5) is 48.4. The first-order valence-electron chi connectivity index (χ1n) is 18.7. The van der Waals surface area contributed by atoms with E-state index in [0.717, 1.165) is 139 Å². The van der Waals surface area contributed by atoms with Crippen LogP contribution in [0.4, 0.5) is 0 Å². The molecule has 1 aromatic heterocycles. The second kappa shape index (κ2) is 11.0. The maximum Gasteiger partial charge on any atom is 0.261 e. The number of aromatic hydroxyl groups is 1. The molecular formula is C42H41N3O4. The number of aromatic nitrogens is 2. The smallest absolute Gasteiger partial charge is 0.261 e. The van der Waals surface area contributed by atoms with E-state index in [2.05, 4.69) is 12.1 Å². The van der Waals surface area contributed by atoms with Crippen LogP contribution in [0.25, 0.3) is 65.0 Å². The highest BCUT2D eigenvalue weighted by Crippen LogP contribution is 2.46. The Morgan fingerprint density at radius 2 is 1.02 bits per heavy atom. The lowest BCUT2D eigenvalue weighted by Crippen LogP contribution is -2.39. The van der Waals surface area contributed by atoms with Gasteiger partial charge in [-0.3, -0.25) is 28.5 Å². The van der Waals surface area contributed by atoms with E-state index in [0.29, 0.717) is 21.7 Å². The Morgan fingerprint density at radius 3 is 1.71 bits per heavy atom. The van der Waals surface area contributed by atoms with Gasteiger partial charge in [0.15, 0.2) is 0 Å². The number of benzene rings is 5. The van der Waals surface area contributed by atoms with Gasteiger partial charge in [-0.2, -0.15) is 0 Å². The number of hydrogen-bond donors (Lipinski definition) is 1. The average molecular weight is 652 g/mol. The van der Waals surface area contributed by atoms with Crippen molar-refractivity contribution in [2.75, 3.05) is 0 Å². The lowest BCUT2D eigenvalue weighted by Gasteiger charge is -2.27. The van der Waals surface area contributed by atoms with E-state index >= 15 is 0 Å². The van der Waals surface area contributed by atoms with Gasteiger partial charge >= 0.3 is 0 Å². The molecule has 2 heterocycles. The average Bonchev–Trinajstić information content (AvgIpc) is 3.14. The van der Waals surface area contributed by atoms with Gasteiger partial charge in [-0.1, -0.05) is 76.0 Å². The van der Waals surface area contributed by atoms with Crippen LogP contribution in [0.1, 0.15) is 108 Å². The molecule has 7 nitrogen and oxygen atoms in total. The van der Waals surface area contributed by atoms with E-state index in [1.165, 1.54) is 6.42 Å². The van der Waals surface area contributed by atoms with Gasteiger partial charge in [-0.15, -0.1) is 0 Å². The summed E-state index contributed by atoms with van der Waals surface area (Å²) in [5, 5.41) is 20.9. The molecule has 49 heavy (non-hydrogen) atoms. The first-order chi connectivity index (χ1) is 24.0. The van der Waals surface area contributed by atoms with Crippen LogP contribution in [0.2, 0.25) is 0 Å². The van der Waals surface area contributed by atoms with Crippen LogP contribution in [0, 0.1) is 0 Å². The van der Waals surface area contributed by atoms with Crippen molar-refractivity contribution in [2.24, 2.45) is 4.99 Å². The summed E-state index contributed by atoms with van der Waals surface area (Å²) >= 11 is 0. The van der Waals surface area contributed by atoms with E-state index in [1.54, 1.807) is 9.13 Å². The molecule has 0 amide bonds. The summed E-state index contributed by atoms with van der Waals surface area (Å²) in [5.41, 5.74) is 0.779. The molecule has 3 fully saturated rings. The van der Waals surface area contributed by atoms with Crippen LogP contribution < -0.4 is 22.0 Å². The van der Waals surface area contributed by atoms with Crippen molar-refractivity contribution in [1.29, 1.82) is 0 Å². The zero-order chi connectivity index (χ0) is 33.0. The highest BCUT2D eigenvalue weighted by atomic mass is 16.3. The van der Waals surface area contributed by atoms with Crippen LogP contribution in [-0.2, 0) is 0 Å². The Hall–Kier alpha value is -4.52. The third-order valence-corrected chi connectivity index (χ3v) is 12.6. The van der Waals surface area contributed by atoms with Crippen LogP contribution in [0.15, 0.2) is 61.8 Å². The number of rotatable bonds is 3. The molecule has 0 atom stereocenters. The van der Waals surface area contributed by atoms with Gasteiger partial charge in [-0.05, 0) is 84.3 Å². The molecule has 0 unspecified atom stereocenters.